The third-order valence-electron chi connectivity index (χ3n) is 1.14. The Morgan fingerprint density at radius 3 is 2.71 bits per heavy atom. The van der Waals surface area contributed by atoms with E-state index in [1.807, 2.05) is 0 Å². The maximum Gasteiger partial charge on any atom is 0.412 e. The van der Waals surface area contributed by atoms with E-state index in [1.54, 1.807) is 6.92 Å². The van der Waals surface area contributed by atoms with Crippen molar-refractivity contribution in [1.82, 2.24) is 5.32 Å². The molecule has 5 heteroatoms. The Labute approximate surface area is 87.4 Å². The van der Waals surface area contributed by atoms with Crippen LogP contribution >= 0.6 is 11.8 Å². The molecule has 0 saturated heterocycles. The number of carbonyl (C=O) groups excluding carboxylic acids is 2. The first-order chi connectivity index (χ1) is 6.57. The van der Waals surface area contributed by atoms with Crippen LogP contribution in [0, 0.1) is 0 Å². The molecule has 0 aromatic heterocycles. The summed E-state index contributed by atoms with van der Waals surface area (Å²) in [6.45, 7) is 8.75. The molecule has 0 unspecified atom stereocenters. The van der Waals surface area contributed by atoms with Crippen molar-refractivity contribution in [2.24, 2.45) is 0 Å². The third-order valence-corrected chi connectivity index (χ3v) is 2.16. The minimum Gasteiger partial charge on any atom is -0.419 e. The van der Waals surface area contributed by atoms with Crippen molar-refractivity contribution >= 4 is 23.0 Å². The molecule has 0 aliphatic heterocycles. The number of hydrogen-bond donors (Lipinski definition) is 1. The van der Waals surface area contributed by atoms with E-state index in [0.717, 1.165) is 18.0 Å². The van der Waals surface area contributed by atoms with Gasteiger partial charge in [0.05, 0.1) is 6.26 Å². The fourth-order valence-corrected chi connectivity index (χ4v) is 1.17. The van der Waals surface area contributed by atoms with E-state index in [1.165, 1.54) is 0 Å². The lowest BCUT2D eigenvalue weighted by Crippen LogP contribution is -2.25. The first kappa shape index (κ1) is 12.8. The van der Waals surface area contributed by atoms with Gasteiger partial charge in [-0.2, -0.15) is 0 Å². The summed E-state index contributed by atoms with van der Waals surface area (Å²) in [4.78, 5) is 21.7. The molecule has 0 fully saturated rings. The highest BCUT2D eigenvalue weighted by Crippen LogP contribution is 2.06. The van der Waals surface area contributed by atoms with Crippen LogP contribution in [0.25, 0.3) is 0 Å². The van der Waals surface area contributed by atoms with Crippen LogP contribution in [0.5, 0.6) is 0 Å². The molecule has 0 aromatic carbocycles. The van der Waals surface area contributed by atoms with E-state index in [9.17, 15) is 9.59 Å². The summed E-state index contributed by atoms with van der Waals surface area (Å²) < 4.78 is 4.40. The molecule has 0 radical (unpaired) electrons. The summed E-state index contributed by atoms with van der Waals surface area (Å²) in [5.74, 6) is 0.498. The quantitative estimate of drug-likeness (QED) is 0.431. The minimum atomic E-state index is -0.566. The Hall–Kier alpha value is -1.23. The van der Waals surface area contributed by atoms with Crippen LogP contribution in [0.3, 0.4) is 0 Å². The average molecular weight is 215 g/mol. The molecule has 0 atom stereocenters. The predicted molar refractivity (Wildman–Crippen MR) is 57.0 cm³/mol. The molecule has 0 aliphatic rings. The van der Waals surface area contributed by atoms with E-state index in [2.05, 4.69) is 23.2 Å². The third kappa shape index (κ3) is 6.30. The highest BCUT2D eigenvalue weighted by molar-refractivity contribution is 8.14. The van der Waals surface area contributed by atoms with Gasteiger partial charge in [0.2, 0.25) is 5.12 Å². The molecule has 0 heterocycles. The van der Waals surface area contributed by atoms with Crippen molar-refractivity contribution in [2.75, 3.05) is 12.3 Å². The second-order valence-corrected chi connectivity index (χ2v) is 3.48. The van der Waals surface area contributed by atoms with Gasteiger partial charge in [-0.05, 0) is 12.5 Å². The topological polar surface area (TPSA) is 55.4 Å². The molecule has 4 nitrogen and oxygen atoms in total. The second-order valence-electron chi connectivity index (χ2n) is 2.42. The van der Waals surface area contributed by atoms with Gasteiger partial charge in [0, 0.05) is 12.3 Å². The first-order valence-corrected chi connectivity index (χ1v) is 4.94. The number of rotatable bonds is 5. The minimum absolute atomic E-state index is 0.0658. The molecule has 0 rings (SSSR count). The Morgan fingerprint density at radius 1 is 1.57 bits per heavy atom. The zero-order chi connectivity index (χ0) is 11.0. The molecule has 0 aromatic rings. The Bertz CT molecular complexity index is 250. The number of amides is 1. The normalized spacial score (nSPS) is 8.93. The second kappa shape index (κ2) is 7.20. The van der Waals surface area contributed by atoms with Crippen LogP contribution in [0.15, 0.2) is 25.0 Å². The van der Waals surface area contributed by atoms with Crippen molar-refractivity contribution in [1.29, 1.82) is 0 Å². The number of carbonyl (C=O) groups is 2. The lowest BCUT2D eigenvalue weighted by atomic mass is 10.4. The maximum absolute atomic E-state index is 11.0. The Morgan fingerprint density at radius 2 is 2.21 bits per heavy atom. The van der Waals surface area contributed by atoms with Crippen LogP contribution in [0.4, 0.5) is 4.79 Å². The van der Waals surface area contributed by atoms with Gasteiger partial charge in [-0.3, -0.25) is 4.79 Å². The Kier molecular flexibility index (Phi) is 6.57. The fourth-order valence-electron chi connectivity index (χ4n) is 0.537. The summed E-state index contributed by atoms with van der Waals surface area (Å²) in [6.07, 6.45) is 0.477. The number of nitrogens with one attached hydrogen (secondary N) is 1. The van der Waals surface area contributed by atoms with Gasteiger partial charge in [-0.15, -0.1) is 0 Å². The van der Waals surface area contributed by atoms with E-state index in [-0.39, 0.29) is 5.12 Å². The number of alkyl carbamates (subject to hydrolysis) is 1. The molecule has 0 aliphatic carbocycles. The van der Waals surface area contributed by atoms with Gasteiger partial charge >= 0.3 is 6.09 Å². The molecular weight excluding hydrogens is 202 g/mol. The fraction of sp³-hybridized carbons (Fsp3) is 0.333. The predicted octanol–water partition coefficient (Wildman–Crippen LogP) is 1.69. The van der Waals surface area contributed by atoms with Crippen molar-refractivity contribution in [2.45, 2.75) is 6.92 Å². The highest BCUT2D eigenvalue weighted by atomic mass is 32.2. The standard InChI is InChI=1S/C9H13NO3S/c1-4-13-9(12)10-5-6-14-8(11)7(2)3/h4H,1-2,5-6H2,3H3,(H,10,12). The molecule has 14 heavy (non-hydrogen) atoms. The molecular formula is C9H13NO3S. The van der Waals surface area contributed by atoms with Crippen LogP contribution in [0.2, 0.25) is 0 Å². The van der Waals surface area contributed by atoms with E-state index < -0.39 is 6.09 Å². The Balaban J connectivity index is 3.47. The van der Waals surface area contributed by atoms with Gasteiger partial charge in [-0.1, -0.05) is 24.9 Å². The van der Waals surface area contributed by atoms with Crippen LogP contribution in [-0.2, 0) is 9.53 Å². The van der Waals surface area contributed by atoms with Crippen molar-refractivity contribution < 1.29 is 14.3 Å². The summed E-state index contributed by atoms with van der Waals surface area (Å²) in [5, 5.41) is 2.38. The smallest absolute Gasteiger partial charge is 0.412 e. The molecule has 0 spiro atoms. The summed E-state index contributed by atoms with van der Waals surface area (Å²) in [5.41, 5.74) is 0.503. The average Bonchev–Trinajstić information content (AvgIpc) is 2.12. The van der Waals surface area contributed by atoms with E-state index in [4.69, 9.17) is 0 Å². The summed E-state index contributed by atoms with van der Waals surface area (Å²) >= 11 is 1.11. The molecule has 78 valence electrons. The maximum atomic E-state index is 11.0. The van der Waals surface area contributed by atoms with Gasteiger partial charge in [0.25, 0.3) is 0 Å². The number of ether oxygens (including phenoxy) is 1. The largest absolute Gasteiger partial charge is 0.419 e. The summed E-state index contributed by atoms with van der Waals surface area (Å²) in [7, 11) is 0. The van der Waals surface area contributed by atoms with Gasteiger partial charge in [-0.25, -0.2) is 4.79 Å². The summed E-state index contributed by atoms with van der Waals surface area (Å²) in [6, 6.07) is 0. The lowest BCUT2D eigenvalue weighted by Gasteiger charge is -2.02. The van der Waals surface area contributed by atoms with Gasteiger partial charge < -0.3 is 10.1 Å². The molecule has 1 N–H and O–H groups in total. The van der Waals surface area contributed by atoms with Crippen molar-refractivity contribution in [3.05, 3.63) is 25.0 Å². The molecule has 0 bridgehead atoms. The van der Waals surface area contributed by atoms with Crippen molar-refractivity contribution in [3.63, 3.8) is 0 Å². The first-order valence-electron chi connectivity index (χ1n) is 3.96. The van der Waals surface area contributed by atoms with E-state index in [0.29, 0.717) is 17.9 Å². The zero-order valence-corrected chi connectivity index (χ0v) is 8.86. The molecule has 1 amide bonds. The monoisotopic (exact) mass is 215 g/mol. The molecule has 0 saturated carbocycles. The van der Waals surface area contributed by atoms with Crippen molar-refractivity contribution in [3.8, 4) is 0 Å². The zero-order valence-electron chi connectivity index (χ0n) is 8.04. The van der Waals surface area contributed by atoms with Crippen LogP contribution in [0.1, 0.15) is 6.92 Å². The number of hydrogen-bond acceptors (Lipinski definition) is 4. The number of thioether (sulfide) groups is 1. The highest BCUT2D eigenvalue weighted by Gasteiger charge is 2.03. The SMILES string of the molecule is C=COC(=O)NCCSC(=O)C(=C)C. The lowest BCUT2D eigenvalue weighted by molar-refractivity contribution is -0.107. The van der Waals surface area contributed by atoms with Crippen LogP contribution in [-0.4, -0.2) is 23.5 Å². The van der Waals surface area contributed by atoms with E-state index >= 15 is 0 Å². The van der Waals surface area contributed by atoms with Gasteiger partial charge in [0.15, 0.2) is 0 Å². The van der Waals surface area contributed by atoms with Crippen LogP contribution < -0.4 is 5.32 Å². The van der Waals surface area contributed by atoms with Gasteiger partial charge in [0.1, 0.15) is 0 Å².